The Morgan fingerprint density at radius 3 is 3.17 bits per heavy atom. The first-order valence-corrected chi connectivity index (χ1v) is 6.48. The standard InChI is InChI=1S/C13H18ClNO3/c14-11-2-1-3-13(8-11)18-7-5-15-4-6-17-10-12(15)9-16/h1-3,8,12,16H,4-7,9-10H2. The predicted molar refractivity (Wildman–Crippen MR) is 70.2 cm³/mol. The number of halogens is 1. The maximum absolute atomic E-state index is 9.23. The summed E-state index contributed by atoms with van der Waals surface area (Å²) in [4.78, 5) is 2.19. The molecule has 1 heterocycles. The summed E-state index contributed by atoms with van der Waals surface area (Å²) in [5, 5.41) is 9.91. The van der Waals surface area contributed by atoms with E-state index in [4.69, 9.17) is 21.1 Å². The van der Waals surface area contributed by atoms with Crippen molar-refractivity contribution in [1.82, 2.24) is 4.90 Å². The first-order chi connectivity index (χ1) is 8.79. The highest BCUT2D eigenvalue weighted by Gasteiger charge is 2.21. The number of aliphatic hydroxyl groups excluding tert-OH is 1. The van der Waals surface area contributed by atoms with Gasteiger partial charge in [0, 0.05) is 18.1 Å². The first-order valence-electron chi connectivity index (χ1n) is 6.10. The van der Waals surface area contributed by atoms with Crippen molar-refractivity contribution < 1.29 is 14.6 Å². The number of benzene rings is 1. The zero-order valence-corrected chi connectivity index (χ0v) is 11.0. The van der Waals surface area contributed by atoms with Crippen LogP contribution in [0.5, 0.6) is 5.75 Å². The van der Waals surface area contributed by atoms with Gasteiger partial charge in [0.2, 0.25) is 0 Å². The molecule has 0 spiro atoms. The molecule has 2 rings (SSSR count). The number of ether oxygens (including phenoxy) is 2. The molecular weight excluding hydrogens is 254 g/mol. The Hall–Kier alpha value is -0.810. The highest BCUT2D eigenvalue weighted by atomic mass is 35.5. The van der Waals surface area contributed by atoms with E-state index in [0.717, 1.165) is 18.8 Å². The van der Waals surface area contributed by atoms with E-state index in [1.54, 1.807) is 6.07 Å². The van der Waals surface area contributed by atoms with E-state index in [0.29, 0.717) is 24.8 Å². The monoisotopic (exact) mass is 271 g/mol. The van der Waals surface area contributed by atoms with Gasteiger partial charge >= 0.3 is 0 Å². The highest BCUT2D eigenvalue weighted by molar-refractivity contribution is 6.30. The van der Waals surface area contributed by atoms with Gasteiger partial charge in [-0.15, -0.1) is 0 Å². The maximum atomic E-state index is 9.23. The van der Waals surface area contributed by atoms with Gasteiger partial charge in [-0.25, -0.2) is 0 Å². The molecule has 1 aromatic carbocycles. The lowest BCUT2D eigenvalue weighted by molar-refractivity contribution is -0.0312. The second-order valence-corrected chi connectivity index (χ2v) is 4.69. The third kappa shape index (κ3) is 3.85. The van der Waals surface area contributed by atoms with E-state index < -0.39 is 0 Å². The van der Waals surface area contributed by atoms with E-state index in [1.807, 2.05) is 18.2 Å². The fourth-order valence-electron chi connectivity index (χ4n) is 1.99. The van der Waals surface area contributed by atoms with Crippen molar-refractivity contribution in [3.8, 4) is 5.75 Å². The van der Waals surface area contributed by atoms with Crippen LogP contribution in [0.25, 0.3) is 0 Å². The van der Waals surface area contributed by atoms with Crippen LogP contribution in [0, 0.1) is 0 Å². The summed E-state index contributed by atoms with van der Waals surface area (Å²) in [6.45, 7) is 3.63. The topological polar surface area (TPSA) is 41.9 Å². The van der Waals surface area contributed by atoms with E-state index >= 15 is 0 Å². The summed E-state index contributed by atoms with van der Waals surface area (Å²) < 4.78 is 11.0. The number of hydrogen-bond donors (Lipinski definition) is 1. The molecule has 18 heavy (non-hydrogen) atoms. The Morgan fingerprint density at radius 1 is 1.50 bits per heavy atom. The van der Waals surface area contributed by atoms with Gasteiger partial charge in [0.25, 0.3) is 0 Å². The fraction of sp³-hybridized carbons (Fsp3) is 0.538. The van der Waals surface area contributed by atoms with Crippen molar-refractivity contribution in [3.05, 3.63) is 29.3 Å². The molecule has 1 aliphatic heterocycles. The van der Waals surface area contributed by atoms with E-state index in [9.17, 15) is 5.11 Å². The summed E-state index contributed by atoms with van der Waals surface area (Å²) in [7, 11) is 0. The van der Waals surface area contributed by atoms with Gasteiger partial charge in [-0.3, -0.25) is 4.90 Å². The first kappa shape index (κ1) is 13.6. The van der Waals surface area contributed by atoms with Crippen LogP contribution in [0.1, 0.15) is 0 Å². The smallest absolute Gasteiger partial charge is 0.120 e. The van der Waals surface area contributed by atoms with E-state index in [-0.39, 0.29) is 12.6 Å². The Balaban J connectivity index is 1.77. The molecule has 1 N–H and O–H groups in total. The zero-order chi connectivity index (χ0) is 12.8. The number of morpholine rings is 1. The largest absolute Gasteiger partial charge is 0.492 e. The van der Waals surface area contributed by atoms with E-state index in [2.05, 4.69) is 4.90 Å². The van der Waals surface area contributed by atoms with Crippen molar-refractivity contribution in [1.29, 1.82) is 0 Å². The van der Waals surface area contributed by atoms with E-state index in [1.165, 1.54) is 0 Å². The third-order valence-corrected chi connectivity index (χ3v) is 3.24. The number of rotatable bonds is 5. The molecule has 1 unspecified atom stereocenters. The number of aliphatic hydroxyl groups is 1. The number of hydrogen-bond acceptors (Lipinski definition) is 4. The average Bonchev–Trinajstić information content (AvgIpc) is 2.39. The van der Waals surface area contributed by atoms with Crippen molar-refractivity contribution >= 4 is 11.6 Å². The normalized spacial score (nSPS) is 20.9. The molecule has 1 saturated heterocycles. The minimum absolute atomic E-state index is 0.0849. The highest BCUT2D eigenvalue weighted by Crippen LogP contribution is 2.17. The Morgan fingerprint density at radius 2 is 2.39 bits per heavy atom. The molecule has 1 atom stereocenters. The third-order valence-electron chi connectivity index (χ3n) is 3.00. The second kappa shape index (κ2) is 6.95. The van der Waals surface area contributed by atoms with Crippen molar-refractivity contribution in [2.24, 2.45) is 0 Å². The lowest BCUT2D eigenvalue weighted by Crippen LogP contribution is -2.48. The fourth-order valence-corrected chi connectivity index (χ4v) is 2.17. The maximum Gasteiger partial charge on any atom is 0.120 e. The molecule has 5 heteroatoms. The van der Waals surface area contributed by atoms with Crippen LogP contribution in [0.2, 0.25) is 5.02 Å². The minimum Gasteiger partial charge on any atom is -0.492 e. The molecule has 0 aromatic heterocycles. The van der Waals surface area contributed by atoms with Crippen LogP contribution in [0.3, 0.4) is 0 Å². The van der Waals surface area contributed by atoms with Crippen LogP contribution in [0.4, 0.5) is 0 Å². The Labute approximate surface area is 112 Å². The van der Waals surface area contributed by atoms with Gasteiger partial charge in [0.1, 0.15) is 12.4 Å². The predicted octanol–water partition coefficient (Wildman–Crippen LogP) is 1.41. The number of nitrogens with zero attached hydrogens (tertiary/aromatic N) is 1. The molecule has 1 aliphatic rings. The molecule has 0 amide bonds. The lowest BCUT2D eigenvalue weighted by atomic mass is 10.2. The van der Waals surface area contributed by atoms with Gasteiger partial charge in [-0.05, 0) is 18.2 Å². The Kier molecular flexibility index (Phi) is 5.26. The quantitative estimate of drug-likeness (QED) is 0.879. The van der Waals surface area contributed by atoms with Crippen LogP contribution in [-0.4, -0.2) is 55.6 Å². The van der Waals surface area contributed by atoms with Crippen molar-refractivity contribution in [3.63, 3.8) is 0 Å². The molecule has 1 aromatic rings. The van der Waals surface area contributed by atoms with Crippen LogP contribution in [-0.2, 0) is 4.74 Å². The second-order valence-electron chi connectivity index (χ2n) is 4.25. The summed E-state index contributed by atoms with van der Waals surface area (Å²) in [5.41, 5.74) is 0. The van der Waals surface area contributed by atoms with Crippen LogP contribution in [0.15, 0.2) is 24.3 Å². The summed E-state index contributed by atoms with van der Waals surface area (Å²) in [6.07, 6.45) is 0. The van der Waals surface area contributed by atoms with Gasteiger partial charge in [0.05, 0.1) is 25.9 Å². The molecule has 100 valence electrons. The SMILES string of the molecule is OCC1COCCN1CCOc1cccc(Cl)c1. The van der Waals surface area contributed by atoms with Gasteiger partial charge in [0.15, 0.2) is 0 Å². The summed E-state index contributed by atoms with van der Waals surface area (Å²) in [5.74, 6) is 0.774. The molecule has 1 fully saturated rings. The van der Waals surface area contributed by atoms with Crippen molar-refractivity contribution in [2.75, 3.05) is 39.5 Å². The molecular formula is C13H18ClNO3. The Bertz CT molecular complexity index is 375. The lowest BCUT2D eigenvalue weighted by Gasteiger charge is -2.34. The average molecular weight is 272 g/mol. The molecule has 4 nitrogen and oxygen atoms in total. The van der Waals surface area contributed by atoms with Crippen molar-refractivity contribution in [2.45, 2.75) is 6.04 Å². The van der Waals surface area contributed by atoms with Gasteiger partial charge < -0.3 is 14.6 Å². The molecule has 0 radical (unpaired) electrons. The summed E-state index contributed by atoms with van der Waals surface area (Å²) in [6, 6.07) is 7.45. The van der Waals surface area contributed by atoms with Crippen LogP contribution >= 0.6 is 11.6 Å². The van der Waals surface area contributed by atoms with Crippen LogP contribution < -0.4 is 4.74 Å². The molecule has 0 aliphatic carbocycles. The van der Waals surface area contributed by atoms with Gasteiger partial charge in [-0.2, -0.15) is 0 Å². The minimum atomic E-state index is 0.0849. The summed E-state index contributed by atoms with van der Waals surface area (Å²) >= 11 is 5.88. The van der Waals surface area contributed by atoms with Gasteiger partial charge in [-0.1, -0.05) is 17.7 Å². The molecule has 0 bridgehead atoms. The molecule has 0 saturated carbocycles. The zero-order valence-electron chi connectivity index (χ0n) is 10.2.